The van der Waals surface area contributed by atoms with Gasteiger partial charge in [0.25, 0.3) is 5.91 Å². The number of terminal acetylenes is 1. The van der Waals surface area contributed by atoms with Crippen LogP contribution in [0.25, 0.3) is 17.1 Å². The maximum atomic E-state index is 12.4. The van der Waals surface area contributed by atoms with Crippen molar-refractivity contribution in [3.63, 3.8) is 0 Å². The lowest BCUT2D eigenvalue weighted by Gasteiger charge is -2.39. The first-order valence-corrected chi connectivity index (χ1v) is 10.6. The molecule has 5 atom stereocenters. The number of aliphatic hydroxyl groups is 4. The number of nitrogens with zero attached hydrogens (tertiary/aromatic N) is 4. The lowest BCUT2D eigenvalue weighted by atomic mass is 9.99. The molecule has 4 rings (SSSR count). The van der Waals surface area contributed by atoms with Crippen molar-refractivity contribution in [1.82, 2.24) is 25.5 Å². The van der Waals surface area contributed by atoms with E-state index in [9.17, 15) is 25.2 Å². The van der Waals surface area contributed by atoms with Gasteiger partial charge in [-0.1, -0.05) is 36.3 Å². The van der Waals surface area contributed by atoms with E-state index in [1.165, 1.54) is 23.0 Å². The molecule has 1 aliphatic heterocycles. The summed E-state index contributed by atoms with van der Waals surface area (Å²) < 4.78 is 11.3. The van der Waals surface area contributed by atoms with E-state index >= 15 is 0 Å². The van der Waals surface area contributed by atoms with Crippen molar-refractivity contribution in [2.45, 2.75) is 30.7 Å². The van der Waals surface area contributed by atoms with Crippen LogP contribution in [0.1, 0.15) is 10.4 Å². The third kappa shape index (κ3) is 5.14. The fourth-order valence-corrected chi connectivity index (χ4v) is 3.46. The SMILES string of the molecule is C#CCNC(=O)c1ccc(-n2nnc(-c3ccccc3)n2)c(O[C@@H]2O[C@H](CO)[C@H](O)[C@H](O)[C@H]2O)c1. The minimum Gasteiger partial charge on any atom is -0.460 e. The highest BCUT2D eigenvalue weighted by Gasteiger charge is 2.45. The van der Waals surface area contributed by atoms with Crippen molar-refractivity contribution in [3.8, 4) is 35.2 Å². The molecule has 0 bridgehead atoms. The molecule has 1 aromatic heterocycles. The van der Waals surface area contributed by atoms with Crippen LogP contribution in [0.4, 0.5) is 0 Å². The largest absolute Gasteiger partial charge is 0.460 e. The third-order valence-electron chi connectivity index (χ3n) is 5.33. The molecule has 1 amide bonds. The fourth-order valence-electron chi connectivity index (χ4n) is 3.46. The zero-order valence-electron chi connectivity index (χ0n) is 18.3. The summed E-state index contributed by atoms with van der Waals surface area (Å²) in [5, 5.41) is 55.0. The Balaban J connectivity index is 1.70. The third-order valence-corrected chi connectivity index (χ3v) is 5.33. The summed E-state index contributed by atoms with van der Waals surface area (Å²) in [4.78, 5) is 13.6. The minimum atomic E-state index is -1.66. The molecule has 12 nitrogen and oxygen atoms in total. The summed E-state index contributed by atoms with van der Waals surface area (Å²) >= 11 is 0. The highest BCUT2D eigenvalue weighted by atomic mass is 16.7. The summed E-state index contributed by atoms with van der Waals surface area (Å²) in [7, 11) is 0. The summed E-state index contributed by atoms with van der Waals surface area (Å²) in [5.74, 6) is 2.16. The van der Waals surface area contributed by atoms with Gasteiger partial charge in [0.05, 0.1) is 13.2 Å². The van der Waals surface area contributed by atoms with E-state index in [1.54, 1.807) is 0 Å². The van der Waals surface area contributed by atoms with E-state index in [2.05, 4.69) is 26.6 Å². The van der Waals surface area contributed by atoms with Gasteiger partial charge in [0.1, 0.15) is 30.1 Å². The minimum absolute atomic E-state index is 0.000279. The van der Waals surface area contributed by atoms with Gasteiger partial charge in [-0.05, 0) is 23.4 Å². The zero-order chi connectivity index (χ0) is 24.9. The molecule has 12 heteroatoms. The van der Waals surface area contributed by atoms with Crippen LogP contribution >= 0.6 is 0 Å². The molecule has 0 saturated carbocycles. The lowest BCUT2D eigenvalue weighted by molar-refractivity contribution is -0.277. The molecule has 2 heterocycles. The number of ether oxygens (including phenoxy) is 2. The van der Waals surface area contributed by atoms with Crippen LogP contribution in [0.5, 0.6) is 5.75 Å². The molecule has 3 aromatic rings. The van der Waals surface area contributed by atoms with E-state index in [1.807, 2.05) is 30.3 Å². The van der Waals surface area contributed by atoms with Gasteiger partial charge < -0.3 is 35.2 Å². The van der Waals surface area contributed by atoms with Crippen LogP contribution < -0.4 is 10.1 Å². The second kappa shape index (κ2) is 10.6. The Bertz CT molecular complexity index is 1210. The molecule has 0 spiro atoms. The molecule has 5 N–H and O–H groups in total. The van der Waals surface area contributed by atoms with Crippen LogP contribution in [0.15, 0.2) is 48.5 Å². The number of hydrogen-bond acceptors (Lipinski definition) is 10. The highest BCUT2D eigenvalue weighted by molar-refractivity contribution is 5.95. The van der Waals surface area contributed by atoms with Gasteiger partial charge in [-0.2, -0.15) is 0 Å². The maximum absolute atomic E-state index is 12.4. The first kappa shape index (κ1) is 24.3. The standard InChI is InChI=1S/C23H23N5O7/c1-2-10-24-22(33)14-8-9-15(28-26-21(25-27-28)13-6-4-3-5-7-13)16(11-14)34-23-20(32)19(31)18(30)17(12-29)35-23/h1,3-9,11,17-20,23,29-32H,10,12H2,(H,24,33)/t17-,18+,19+,20-,23-/m1/s1. The molecule has 1 saturated heterocycles. The molecule has 1 fully saturated rings. The number of carbonyl (C=O) groups excluding carboxylic acids is 1. The number of nitrogens with one attached hydrogen (secondary N) is 1. The number of benzene rings is 2. The molecule has 0 unspecified atom stereocenters. The van der Waals surface area contributed by atoms with E-state index < -0.39 is 43.2 Å². The van der Waals surface area contributed by atoms with Crippen LogP contribution in [-0.2, 0) is 4.74 Å². The average molecular weight is 481 g/mol. The second-order valence-corrected chi connectivity index (χ2v) is 7.65. The zero-order valence-corrected chi connectivity index (χ0v) is 18.3. The Morgan fingerprint density at radius 2 is 1.91 bits per heavy atom. The van der Waals surface area contributed by atoms with Crippen LogP contribution in [0.3, 0.4) is 0 Å². The van der Waals surface area contributed by atoms with Gasteiger partial charge in [-0.25, -0.2) is 0 Å². The Morgan fingerprint density at radius 1 is 1.14 bits per heavy atom. The summed E-state index contributed by atoms with van der Waals surface area (Å²) in [6.45, 7) is -0.619. The average Bonchev–Trinajstić information content (AvgIpc) is 3.38. The van der Waals surface area contributed by atoms with Crippen molar-refractivity contribution in [3.05, 3.63) is 54.1 Å². The van der Waals surface area contributed by atoms with Crippen molar-refractivity contribution < 1.29 is 34.7 Å². The first-order valence-electron chi connectivity index (χ1n) is 10.6. The van der Waals surface area contributed by atoms with Crippen LogP contribution in [-0.4, -0.2) is 90.4 Å². The maximum Gasteiger partial charge on any atom is 0.252 e. The fraction of sp³-hybridized carbons (Fsp3) is 0.304. The molecule has 2 aromatic carbocycles. The second-order valence-electron chi connectivity index (χ2n) is 7.65. The molecule has 35 heavy (non-hydrogen) atoms. The van der Waals surface area contributed by atoms with Gasteiger partial charge in [0, 0.05) is 11.1 Å². The van der Waals surface area contributed by atoms with Crippen molar-refractivity contribution in [2.75, 3.05) is 13.2 Å². The first-order chi connectivity index (χ1) is 16.9. The quantitative estimate of drug-likeness (QED) is 0.260. The summed E-state index contributed by atoms with van der Waals surface area (Å²) in [6.07, 6.45) is -2.34. The van der Waals surface area contributed by atoms with E-state index in [0.29, 0.717) is 5.82 Å². The van der Waals surface area contributed by atoms with Gasteiger partial charge in [-0.3, -0.25) is 4.79 Å². The molecule has 0 radical (unpaired) electrons. The van der Waals surface area contributed by atoms with Crippen LogP contribution in [0.2, 0.25) is 0 Å². The number of aliphatic hydroxyl groups excluding tert-OH is 4. The van der Waals surface area contributed by atoms with Gasteiger partial charge in [0.15, 0.2) is 5.75 Å². The Labute approximate surface area is 199 Å². The predicted octanol–water partition coefficient (Wildman–Crippen LogP) is -1.13. The summed E-state index contributed by atoms with van der Waals surface area (Å²) in [6, 6.07) is 13.5. The number of carbonyl (C=O) groups is 1. The Hall–Kier alpha value is -3.86. The molecule has 1 aliphatic rings. The van der Waals surface area contributed by atoms with Gasteiger partial charge >= 0.3 is 0 Å². The highest BCUT2D eigenvalue weighted by Crippen LogP contribution is 2.29. The number of aromatic nitrogens is 4. The smallest absolute Gasteiger partial charge is 0.252 e. The van der Waals surface area contributed by atoms with Crippen LogP contribution in [0, 0.1) is 12.3 Å². The molecular weight excluding hydrogens is 458 g/mol. The van der Waals surface area contributed by atoms with Gasteiger partial charge in [0.2, 0.25) is 12.1 Å². The number of tetrazole rings is 1. The number of rotatable bonds is 7. The van der Waals surface area contributed by atoms with Gasteiger partial charge in [-0.15, -0.1) is 21.4 Å². The molecular formula is C23H23N5O7. The van der Waals surface area contributed by atoms with E-state index in [0.717, 1.165) is 5.56 Å². The Morgan fingerprint density at radius 3 is 2.63 bits per heavy atom. The Kier molecular flexibility index (Phi) is 7.35. The van der Waals surface area contributed by atoms with E-state index in [4.69, 9.17) is 15.9 Å². The number of amides is 1. The summed E-state index contributed by atoms with van der Waals surface area (Å²) in [5.41, 5.74) is 1.14. The van der Waals surface area contributed by atoms with Crippen molar-refractivity contribution in [2.24, 2.45) is 0 Å². The lowest BCUT2D eigenvalue weighted by Crippen LogP contribution is -2.60. The van der Waals surface area contributed by atoms with Crippen molar-refractivity contribution >= 4 is 5.91 Å². The normalized spacial score (nSPS) is 23.9. The van der Waals surface area contributed by atoms with E-state index in [-0.39, 0.29) is 23.5 Å². The number of hydrogen-bond donors (Lipinski definition) is 5. The predicted molar refractivity (Wildman–Crippen MR) is 120 cm³/mol. The monoisotopic (exact) mass is 481 g/mol. The van der Waals surface area contributed by atoms with Crippen molar-refractivity contribution in [1.29, 1.82) is 0 Å². The topological polar surface area (TPSA) is 172 Å². The molecule has 0 aliphatic carbocycles. The molecule has 182 valence electrons.